The van der Waals surface area contributed by atoms with E-state index in [9.17, 15) is 15.3 Å². The minimum Gasteiger partial charge on any atom is -0.394 e. The topological polar surface area (TPSA) is 105 Å². The zero-order valence-corrected chi connectivity index (χ0v) is 13.8. The van der Waals surface area contributed by atoms with Crippen molar-refractivity contribution in [1.82, 2.24) is 15.0 Å². The first kappa shape index (κ1) is 16.8. The van der Waals surface area contributed by atoms with Gasteiger partial charge in [0.15, 0.2) is 11.8 Å². The standard InChI is InChI=1S/C18H19N4O4/c23-11-14-15(24)16(25)17(26-14)18-19-21(12-7-3-1-4-8-12)22(20-18)13-9-5-2-6-10-13/h1-10,14-17,23-25H,11H2/q+1/t14-,15+,16-,17+/m0/s1. The van der Waals surface area contributed by atoms with Crippen molar-refractivity contribution >= 4 is 0 Å². The minimum atomic E-state index is -1.22. The fourth-order valence-corrected chi connectivity index (χ4v) is 2.98. The van der Waals surface area contributed by atoms with E-state index in [2.05, 4.69) is 10.2 Å². The smallest absolute Gasteiger partial charge is 0.340 e. The first-order chi connectivity index (χ1) is 12.7. The molecule has 3 N–H and O–H groups in total. The van der Waals surface area contributed by atoms with Crippen LogP contribution in [0.25, 0.3) is 11.4 Å². The minimum absolute atomic E-state index is 0.222. The van der Waals surface area contributed by atoms with E-state index in [-0.39, 0.29) is 5.82 Å². The molecule has 0 radical (unpaired) electrons. The van der Waals surface area contributed by atoms with Crippen LogP contribution in [0.2, 0.25) is 0 Å². The van der Waals surface area contributed by atoms with Gasteiger partial charge in [0.25, 0.3) is 0 Å². The fourth-order valence-electron chi connectivity index (χ4n) is 2.98. The van der Waals surface area contributed by atoms with Crippen LogP contribution < -0.4 is 4.80 Å². The third kappa shape index (κ3) is 2.89. The quantitative estimate of drug-likeness (QED) is 0.555. The normalized spacial score (nSPS) is 25.5. The second-order valence-corrected chi connectivity index (χ2v) is 6.07. The summed E-state index contributed by atoms with van der Waals surface area (Å²) in [5.74, 6) is 0.222. The molecule has 8 nitrogen and oxygen atoms in total. The molecule has 1 fully saturated rings. The van der Waals surface area contributed by atoms with Crippen molar-refractivity contribution in [2.75, 3.05) is 6.61 Å². The summed E-state index contributed by atoms with van der Waals surface area (Å²) < 4.78 is 5.56. The van der Waals surface area contributed by atoms with Crippen molar-refractivity contribution in [3.63, 3.8) is 0 Å². The average Bonchev–Trinajstić information content (AvgIpc) is 3.25. The summed E-state index contributed by atoms with van der Waals surface area (Å²) in [5.41, 5.74) is 1.56. The SMILES string of the molecule is OC[C@@H]1O[C@@H](c2nn(-c3ccccc3)[n+](-c3ccccc3)n2)[C@@H](O)[C@@H]1O. The van der Waals surface area contributed by atoms with Gasteiger partial charge in [0.2, 0.25) is 0 Å². The third-order valence-corrected chi connectivity index (χ3v) is 4.34. The van der Waals surface area contributed by atoms with Gasteiger partial charge in [-0.25, -0.2) is 0 Å². The Morgan fingerprint density at radius 1 is 0.962 bits per heavy atom. The number of para-hydroxylation sites is 2. The van der Waals surface area contributed by atoms with Crippen LogP contribution in [0.1, 0.15) is 11.9 Å². The maximum absolute atomic E-state index is 10.3. The predicted molar refractivity (Wildman–Crippen MR) is 89.6 cm³/mol. The molecule has 2 heterocycles. The number of hydrogen-bond acceptors (Lipinski definition) is 6. The van der Waals surface area contributed by atoms with Crippen LogP contribution in [-0.4, -0.2) is 55.2 Å². The van der Waals surface area contributed by atoms with Gasteiger partial charge in [-0.3, -0.25) is 0 Å². The van der Waals surface area contributed by atoms with E-state index in [0.717, 1.165) is 11.4 Å². The molecule has 0 amide bonds. The number of hydrogen-bond donors (Lipinski definition) is 3. The highest BCUT2D eigenvalue weighted by Gasteiger charge is 2.48. The first-order valence-corrected chi connectivity index (χ1v) is 8.32. The van der Waals surface area contributed by atoms with Gasteiger partial charge in [-0.2, -0.15) is 0 Å². The van der Waals surface area contributed by atoms with Gasteiger partial charge in [0.05, 0.1) is 11.7 Å². The zero-order valence-electron chi connectivity index (χ0n) is 13.8. The Morgan fingerprint density at radius 2 is 1.62 bits per heavy atom. The molecule has 1 aliphatic rings. The van der Waals surface area contributed by atoms with Crippen molar-refractivity contribution in [3.05, 3.63) is 66.5 Å². The highest BCUT2D eigenvalue weighted by atomic mass is 16.6. The molecule has 1 saturated heterocycles. The van der Waals surface area contributed by atoms with Gasteiger partial charge in [-0.1, -0.05) is 36.4 Å². The predicted octanol–water partition coefficient (Wildman–Crippen LogP) is -0.302. The lowest BCUT2D eigenvalue weighted by Crippen LogP contribution is -2.43. The van der Waals surface area contributed by atoms with Crippen molar-refractivity contribution in [1.29, 1.82) is 0 Å². The second kappa shape index (κ2) is 6.93. The van der Waals surface area contributed by atoms with Crippen LogP contribution >= 0.6 is 0 Å². The molecule has 1 aromatic heterocycles. The Balaban J connectivity index is 1.80. The first-order valence-electron chi connectivity index (χ1n) is 8.32. The zero-order chi connectivity index (χ0) is 18.1. The van der Waals surface area contributed by atoms with E-state index in [4.69, 9.17) is 4.74 Å². The van der Waals surface area contributed by atoms with Crippen LogP contribution in [0.3, 0.4) is 0 Å². The summed E-state index contributed by atoms with van der Waals surface area (Å²) in [4.78, 5) is 3.19. The van der Waals surface area contributed by atoms with Crippen LogP contribution in [0.4, 0.5) is 0 Å². The van der Waals surface area contributed by atoms with Crippen LogP contribution in [0, 0.1) is 0 Å². The molecule has 0 saturated carbocycles. The lowest BCUT2D eigenvalue weighted by atomic mass is 10.1. The number of nitrogens with zero attached hydrogens (tertiary/aromatic N) is 4. The van der Waals surface area contributed by atoms with Gasteiger partial charge in [-0.05, 0) is 34.2 Å². The maximum Gasteiger partial charge on any atom is 0.340 e. The highest BCUT2D eigenvalue weighted by molar-refractivity contribution is 5.28. The molecule has 3 aromatic rings. The number of benzene rings is 2. The second-order valence-electron chi connectivity index (χ2n) is 6.07. The summed E-state index contributed by atoms with van der Waals surface area (Å²) >= 11 is 0. The molecular formula is C18H19N4O4+. The van der Waals surface area contributed by atoms with Crippen molar-refractivity contribution in [2.45, 2.75) is 24.4 Å². The number of ether oxygens (including phenoxy) is 1. The van der Waals surface area contributed by atoms with E-state index in [1.165, 1.54) is 0 Å². The number of rotatable bonds is 4. The van der Waals surface area contributed by atoms with Gasteiger partial charge < -0.3 is 20.1 Å². The largest absolute Gasteiger partial charge is 0.394 e. The van der Waals surface area contributed by atoms with Crippen molar-refractivity contribution in [3.8, 4) is 11.4 Å². The summed E-state index contributed by atoms with van der Waals surface area (Å²) in [6, 6.07) is 18.9. The molecule has 26 heavy (non-hydrogen) atoms. The number of tetrazole rings is 1. The van der Waals surface area contributed by atoms with Crippen LogP contribution in [0.5, 0.6) is 0 Å². The Bertz CT molecular complexity index is 814. The number of aliphatic hydroxyl groups is 3. The molecule has 0 unspecified atom stereocenters. The Hall–Kier alpha value is -2.65. The molecule has 134 valence electrons. The van der Waals surface area contributed by atoms with E-state index in [1.807, 2.05) is 60.7 Å². The van der Waals surface area contributed by atoms with Crippen LogP contribution in [-0.2, 0) is 4.74 Å². The molecule has 0 aliphatic carbocycles. The van der Waals surface area contributed by atoms with Crippen molar-refractivity contribution < 1.29 is 24.9 Å². The van der Waals surface area contributed by atoms with Gasteiger partial charge in [0, 0.05) is 4.80 Å². The molecule has 1 aliphatic heterocycles. The summed E-state index contributed by atoms with van der Waals surface area (Å²) in [6.45, 7) is -0.396. The molecule has 4 atom stereocenters. The van der Waals surface area contributed by atoms with Gasteiger partial charge in [-0.15, -0.1) is 0 Å². The molecular weight excluding hydrogens is 336 g/mol. The maximum atomic E-state index is 10.3. The average molecular weight is 355 g/mol. The summed E-state index contributed by atoms with van der Waals surface area (Å²) in [7, 11) is 0. The molecule has 8 heteroatoms. The van der Waals surface area contributed by atoms with Gasteiger partial charge >= 0.3 is 5.82 Å². The van der Waals surface area contributed by atoms with E-state index in [1.54, 1.807) is 9.59 Å². The lowest BCUT2D eigenvalue weighted by molar-refractivity contribution is -0.735. The Morgan fingerprint density at radius 3 is 2.23 bits per heavy atom. The number of aromatic nitrogens is 4. The molecule has 0 bridgehead atoms. The lowest BCUT2D eigenvalue weighted by Gasteiger charge is -2.10. The summed E-state index contributed by atoms with van der Waals surface area (Å²) in [6.07, 6.45) is -4.22. The van der Waals surface area contributed by atoms with Crippen molar-refractivity contribution in [2.24, 2.45) is 0 Å². The monoisotopic (exact) mass is 355 g/mol. The Labute approximate surface area is 149 Å². The highest BCUT2D eigenvalue weighted by Crippen LogP contribution is 2.31. The molecule has 0 spiro atoms. The summed E-state index contributed by atoms with van der Waals surface area (Å²) in [5, 5.41) is 38.5. The fraction of sp³-hybridized carbons (Fsp3) is 0.278. The van der Waals surface area contributed by atoms with E-state index in [0.29, 0.717) is 0 Å². The molecule has 2 aromatic carbocycles. The van der Waals surface area contributed by atoms with E-state index < -0.39 is 31.0 Å². The van der Waals surface area contributed by atoms with Crippen LogP contribution in [0.15, 0.2) is 60.7 Å². The number of aliphatic hydroxyl groups excluding tert-OH is 3. The van der Waals surface area contributed by atoms with E-state index >= 15 is 0 Å². The Kier molecular flexibility index (Phi) is 4.48. The third-order valence-electron chi connectivity index (χ3n) is 4.34. The molecule has 4 rings (SSSR count). The van der Waals surface area contributed by atoms with Gasteiger partial charge in [0.1, 0.15) is 24.0 Å².